The monoisotopic (exact) mass is 229 g/mol. The van der Waals surface area contributed by atoms with Gasteiger partial charge in [-0.25, -0.2) is 4.79 Å². The van der Waals surface area contributed by atoms with Gasteiger partial charge in [0, 0.05) is 0 Å². The molecule has 0 spiro atoms. The highest BCUT2D eigenvalue weighted by Gasteiger charge is 2.04. The van der Waals surface area contributed by atoms with Crippen molar-refractivity contribution in [1.29, 1.82) is 0 Å². The molecular formula is C9H8ClNO4. The van der Waals surface area contributed by atoms with Crippen molar-refractivity contribution in [3.63, 3.8) is 0 Å². The van der Waals surface area contributed by atoms with E-state index in [4.69, 9.17) is 26.7 Å². The van der Waals surface area contributed by atoms with Crippen molar-refractivity contribution < 1.29 is 19.8 Å². The van der Waals surface area contributed by atoms with E-state index in [2.05, 4.69) is 5.16 Å². The second kappa shape index (κ2) is 5.21. The lowest BCUT2D eigenvalue weighted by atomic mass is 10.2. The quantitative estimate of drug-likeness (QED) is 0.467. The predicted molar refractivity (Wildman–Crippen MR) is 54.0 cm³/mol. The number of rotatable bonds is 4. The van der Waals surface area contributed by atoms with Crippen molar-refractivity contribution in [1.82, 2.24) is 0 Å². The highest BCUT2D eigenvalue weighted by atomic mass is 35.5. The van der Waals surface area contributed by atoms with Gasteiger partial charge in [0.1, 0.15) is 5.75 Å². The summed E-state index contributed by atoms with van der Waals surface area (Å²) in [5.74, 6) is -0.804. The van der Waals surface area contributed by atoms with Gasteiger partial charge in [-0.1, -0.05) is 16.8 Å². The first-order valence-electron chi connectivity index (χ1n) is 3.95. The first-order valence-corrected chi connectivity index (χ1v) is 4.33. The minimum absolute atomic E-state index is 0.258. The van der Waals surface area contributed by atoms with Crippen LogP contribution in [0.3, 0.4) is 0 Å². The van der Waals surface area contributed by atoms with E-state index in [1.165, 1.54) is 18.3 Å². The normalized spacial score (nSPS) is 10.5. The maximum Gasteiger partial charge on any atom is 0.341 e. The molecule has 0 aliphatic rings. The van der Waals surface area contributed by atoms with Gasteiger partial charge < -0.3 is 15.1 Å². The molecule has 80 valence electrons. The molecule has 0 aliphatic carbocycles. The fraction of sp³-hybridized carbons (Fsp3) is 0.111. The standard InChI is InChI=1S/C9H8ClNO4/c10-7-3-6(4-11-14)1-2-8(7)15-5-9(12)13/h1-4,14H,5H2,(H,12,13). The number of nitrogens with zero attached hydrogens (tertiary/aromatic N) is 1. The molecule has 1 aromatic carbocycles. The Kier molecular flexibility index (Phi) is 3.93. The maximum absolute atomic E-state index is 10.2. The molecule has 0 bridgehead atoms. The molecule has 1 aromatic rings. The zero-order chi connectivity index (χ0) is 11.3. The van der Waals surface area contributed by atoms with Crippen LogP contribution in [0.2, 0.25) is 5.02 Å². The average Bonchev–Trinajstić information content (AvgIpc) is 2.17. The average molecular weight is 230 g/mol. The highest BCUT2D eigenvalue weighted by Crippen LogP contribution is 2.24. The largest absolute Gasteiger partial charge is 0.480 e. The number of oxime groups is 1. The number of hydrogen-bond acceptors (Lipinski definition) is 4. The summed E-state index contributed by atoms with van der Waals surface area (Å²) in [6.07, 6.45) is 1.20. The second-order valence-electron chi connectivity index (χ2n) is 2.62. The van der Waals surface area contributed by atoms with Gasteiger partial charge in [0.15, 0.2) is 6.61 Å². The molecule has 1 rings (SSSR count). The molecule has 0 unspecified atom stereocenters. The van der Waals surface area contributed by atoms with E-state index in [0.717, 1.165) is 0 Å². The van der Waals surface area contributed by atoms with Gasteiger partial charge in [-0.3, -0.25) is 0 Å². The first kappa shape index (κ1) is 11.3. The van der Waals surface area contributed by atoms with Crippen molar-refractivity contribution in [2.75, 3.05) is 6.61 Å². The van der Waals surface area contributed by atoms with Crippen LogP contribution in [0, 0.1) is 0 Å². The van der Waals surface area contributed by atoms with Crippen molar-refractivity contribution in [2.24, 2.45) is 5.16 Å². The van der Waals surface area contributed by atoms with E-state index in [1.807, 2.05) is 0 Å². The number of benzene rings is 1. The van der Waals surface area contributed by atoms with Crippen molar-refractivity contribution >= 4 is 23.8 Å². The number of carbonyl (C=O) groups is 1. The number of hydrogen-bond donors (Lipinski definition) is 2. The van der Waals surface area contributed by atoms with Crippen molar-refractivity contribution in [2.45, 2.75) is 0 Å². The molecular weight excluding hydrogens is 222 g/mol. The van der Waals surface area contributed by atoms with E-state index in [-0.39, 0.29) is 10.8 Å². The lowest BCUT2D eigenvalue weighted by Crippen LogP contribution is -2.09. The third kappa shape index (κ3) is 3.47. The van der Waals surface area contributed by atoms with Crippen LogP contribution >= 0.6 is 11.6 Å². The summed E-state index contributed by atoms with van der Waals surface area (Å²) in [4.78, 5) is 10.2. The van der Waals surface area contributed by atoms with Crippen LogP contribution in [0.4, 0.5) is 0 Å². The molecule has 5 nitrogen and oxygen atoms in total. The molecule has 15 heavy (non-hydrogen) atoms. The van der Waals surface area contributed by atoms with Gasteiger partial charge in [0.05, 0.1) is 11.2 Å². The Morgan fingerprint density at radius 2 is 2.33 bits per heavy atom. The van der Waals surface area contributed by atoms with Crippen LogP contribution in [0.5, 0.6) is 5.75 Å². The SMILES string of the molecule is O=C(O)COc1ccc(C=NO)cc1Cl. The highest BCUT2D eigenvalue weighted by molar-refractivity contribution is 6.32. The van der Waals surface area contributed by atoms with Crippen LogP contribution in [-0.4, -0.2) is 29.1 Å². The van der Waals surface area contributed by atoms with Gasteiger partial charge in [0.2, 0.25) is 0 Å². The fourth-order valence-corrected chi connectivity index (χ4v) is 1.16. The first-order chi connectivity index (χ1) is 7.13. The van der Waals surface area contributed by atoms with Crippen LogP contribution in [0.25, 0.3) is 0 Å². The molecule has 6 heteroatoms. The van der Waals surface area contributed by atoms with Crippen LogP contribution in [0.1, 0.15) is 5.56 Å². The van der Waals surface area contributed by atoms with E-state index in [9.17, 15) is 4.79 Å². The zero-order valence-electron chi connectivity index (χ0n) is 7.55. The van der Waals surface area contributed by atoms with Crippen LogP contribution in [-0.2, 0) is 4.79 Å². The van der Waals surface area contributed by atoms with E-state index in [1.54, 1.807) is 6.07 Å². The van der Waals surface area contributed by atoms with Gasteiger partial charge in [-0.15, -0.1) is 0 Å². The van der Waals surface area contributed by atoms with E-state index in [0.29, 0.717) is 5.56 Å². The van der Waals surface area contributed by atoms with Crippen LogP contribution < -0.4 is 4.74 Å². The summed E-state index contributed by atoms with van der Waals surface area (Å²) in [5.41, 5.74) is 0.588. The van der Waals surface area contributed by atoms with Crippen LogP contribution in [0.15, 0.2) is 23.4 Å². The van der Waals surface area contributed by atoms with Crippen molar-refractivity contribution in [3.8, 4) is 5.75 Å². The fourth-order valence-electron chi connectivity index (χ4n) is 0.921. The Labute approximate surface area is 90.5 Å². The maximum atomic E-state index is 10.2. The molecule has 0 aliphatic heterocycles. The Balaban J connectivity index is 2.78. The smallest absolute Gasteiger partial charge is 0.341 e. The van der Waals surface area contributed by atoms with Gasteiger partial charge >= 0.3 is 5.97 Å². The second-order valence-corrected chi connectivity index (χ2v) is 3.02. The predicted octanol–water partition coefficient (Wildman–Crippen LogP) is 1.61. The summed E-state index contributed by atoms with van der Waals surface area (Å²) < 4.78 is 4.89. The van der Waals surface area contributed by atoms with E-state index < -0.39 is 12.6 Å². The molecule has 0 saturated carbocycles. The molecule has 0 amide bonds. The van der Waals surface area contributed by atoms with Gasteiger partial charge in [0.25, 0.3) is 0 Å². The summed E-state index contributed by atoms with van der Waals surface area (Å²) in [6, 6.07) is 4.59. The van der Waals surface area contributed by atoms with Gasteiger partial charge in [-0.2, -0.15) is 0 Å². The minimum Gasteiger partial charge on any atom is -0.480 e. The number of aliphatic carboxylic acids is 1. The molecule has 0 saturated heterocycles. The number of halogens is 1. The molecule has 0 atom stereocenters. The molecule has 0 fully saturated rings. The molecule has 0 radical (unpaired) electrons. The third-order valence-electron chi connectivity index (χ3n) is 1.51. The molecule has 0 heterocycles. The Hall–Kier alpha value is -1.75. The zero-order valence-corrected chi connectivity index (χ0v) is 8.31. The summed E-state index contributed by atoms with van der Waals surface area (Å²) in [7, 11) is 0. The topological polar surface area (TPSA) is 79.1 Å². The minimum atomic E-state index is -1.08. The lowest BCUT2D eigenvalue weighted by Gasteiger charge is -2.05. The lowest BCUT2D eigenvalue weighted by molar-refractivity contribution is -0.139. The summed E-state index contributed by atoms with van der Waals surface area (Å²) >= 11 is 5.79. The van der Waals surface area contributed by atoms with Crippen molar-refractivity contribution in [3.05, 3.63) is 28.8 Å². The Bertz CT molecular complexity index is 392. The molecule has 2 N–H and O–H groups in total. The number of ether oxygens (including phenoxy) is 1. The molecule has 0 aromatic heterocycles. The summed E-state index contributed by atoms with van der Waals surface area (Å²) in [5, 5.41) is 19.7. The van der Waals surface area contributed by atoms with Gasteiger partial charge in [-0.05, 0) is 23.8 Å². The Morgan fingerprint density at radius 1 is 1.60 bits per heavy atom. The third-order valence-corrected chi connectivity index (χ3v) is 1.81. The Morgan fingerprint density at radius 3 is 2.87 bits per heavy atom. The van der Waals surface area contributed by atoms with E-state index >= 15 is 0 Å². The summed E-state index contributed by atoms with van der Waals surface area (Å²) in [6.45, 7) is -0.451. The number of carboxylic acid groups (broad SMARTS) is 1. The number of carboxylic acids is 1.